The monoisotopic (exact) mass is 546 g/mol. The number of aryl methyl sites for hydroxylation is 1. The third-order valence-electron chi connectivity index (χ3n) is 7.39. The zero-order valence-corrected chi connectivity index (χ0v) is 23.2. The van der Waals surface area contributed by atoms with Gasteiger partial charge in [-0.15, -0.1) is 0 Å². The van der Waals surface area contributed by atoms with E-state index in [4.69, 9.17) is 21.7 Å². The van der Waals surface area contributed by atoms with Crippen LogP contribution in [0.4, 0.5) is 5.13 Å². The van der Waals surface area contributed by atoms with E-state index in [1.54, 1.807) is 0 Å². The molecule has 0 radical (unpaired) electrons. The van der Waals surface area contributed by atoms with Gasteiger partial charge in [0.15, 0.2) is 5.13 Å². The summed E-state index contributed by atoms with van der Waals surface area (Å²) >= 11 is 8.44. The highest BCUT2D eigenvalue weighted by molar-refractivity contribution is 7.19. The van der Waals surface area contributed by atoms with Crippen LogP contribution in [0.15, 0.2) is 48.5 Å². The summed E-state index contributed by atoms with van der Waals surface area (Å²) in [6.07, 6.45) is 3.97. The predicted molar refractivity (Wildman–Crippen MR) is 154 cm³/mol. The molecular formula is C29H31ClN6OS. The van der Waals surface area contributed by atoms with Crippen LogP contribution in [0.1, 0.15) is 36.6 Å². The van der Waals surface area contributed by atoms with Gasteiger partial charge in [0.05, 0.1) is 32.7 Å². The smallest absolute Gasteiger partial charge is 0.223 e. The van der Waals surface area contributed by atoms with E-state index in [1.807, 2.05) is 28.9 Å². The maximum Gasteiger partial charge on any atom is 0.223 e. The number of aromatic nitrogens is 3. The number of piperidine rings is 1. The lowest BCUT2D eigenvalue weighted by Crippen LogP contribution is -2.40. The van der Waals surface area contributed by atoms with Gasteiger partial charge in [0.25, 0.3) is 0 Å². The van der Waals surface area contributed by atoms with E-state index in [0.717, 1.165) is 71.2 Å². The number of carbonyl (C=O) groups is 1. The van der Waals surface area contributed by atoms with E-state index >= 15 is 0 Å². The van der Waals surface area contributed by atoms with Crippen molar-refractivity contribution in [2.24, 2.45) is 0 Å². The van der Waals surface area contributed by atoms with Crippen molar-refractivity contribution in [1.29, 1.82) is 0 Å². The molecule has 38 heavy (non-hydrogen) atoms. The fourth-order valence-electron chi connectivity index (χ4n) is 5.38. The van der Waals surface area contributed by atoms with Crippen LogP contribution in [0, 0.1) is 0 Å². The van der Waals surface area contributed by atoms with Crippen LogP contribution in [-0.2, 0) is 24.2 Å². The van der Waals surface area contributed by atoms with Crippen LogP contribution < -0.4 is 10.6 Å². The van der Waals surface area contributed by atoms with Crippen LogP contribution in [0.25, 0.3) is 27.5 Å². The third-order valence-corrected chi connectivity index (χ3v) is 8.71. The maximum atomic E-state index is 11.7. The molecule has 1 fully saturated rings. The number of amides is 1. The van der Waals surface area contributed by atoms with Crippen molar-refractivity contribution in [3.63, 3.8) is 0 Å². The van der Waals surface area contributed by atoms with E-state index in [-0.39, 0.29) is 5.91 Å². The van der Waals surface area contributed by atoms with Crippen molar-refractivity contribution in [3.8, 4) is 27.5 Å². The Morgan fingerprint density at radius 3 is 2.66 bits per heavy atom. The Hall–Kier alpha value is -3.04. The molecule has 3 heterocycles. The summed E-state index contributed by atoms with van der Waals surface area (Å²) in [5.74, 6) is -0.123. The lowest BCUT2D eigenvalue weighted by atomic mass is 9.95. The lowest BCUT2D eigenvalue weighted by molar-refractivity contribution is -0.114. The largest absolute Gasteiger partial charge is 0.310 e. The van der Waals surface area contributed by atoms with E-state index in [0.29, 0.717) is 16.2 Å². The van der Waals surface area contributed by atoms with Crippen molar-refractivity contribution in [1.82, 2.24) is 25.0 Å². The van der Waals surface area contributed by atoms with Gasteiger partial charge in [-0.1, -0.05) is 59.3 Å². The molecule has 9 heteroatoms. The lowest BCUT2D eigenvalue weighted by Gasteiger charge is -2.29. The number of thiazole rings is 1. The first-order chi connectivity index (χ1) is 18.5. The second kappa shape index (κ2) is 10.6. The first-order valence-corrected chi connectivity index (χ1v) is 14.3. The van der Waals surface area contributed by atoms with Crippen molar-refractivity contribution >= 4 is 34.0 Å². The average molecular weight is 547 g/mol. The Bertz CT molecular complexity index is 1470. The Balaban J connectivity index is 1.37. The zero-order valence-electron chi connectivity index (χ0n) is 21.6. The number of rotatable bonds is 6. The van der Waals surface area contributed by atoms with Gasteiger partial charge in [0.1, 0.15) is 0 Å². The standard InChI is InChI=1S/C29H31ClN6OS/c1-18(37)32-29-33-24-10-9-22-26(20-6-4-3-5-7-20)34-36(27(22)28(24)38-29)25-11-8-19(16-23(25)30)17-31-21-12-14-35(2)15-13-21/h3-8,11,16,21,31H,9-10,12-15,17H2,1-2H3,(H,32,33,37). The molecule has 6 rings (SSSR count). The molecule has 2 aromatic heterocycles. The molecule has 2 N–H and O–H groups in total. The van der Waals surface area contributed by atoms with Crippen LogP contribution >= 0.6 is 22.9 Å². The Morgan fingerprint density at radius 2 is 1.92 bits per heavy atom. The third kappa shape index (κ3) is 5.01. The minimum atomic E-state index is -0.123. The van der Waals surface area contributed by atoms with Gasteiger partial charge in [0, 0.05) is 30.6 Å². The number of fused-ring (bicyclic) bond motifs is 3. The number of hydrogen-bond acceptors (Lipinski definition) is 6. The fourth-order valence-corrected chi connectivity index (χ4v) is 6.78. The molecule has 0 atom stereocenters. The number of likely N-dealkylation sites (tertiary alicyclic amines) is 1. The summed E-state index contributed by atoms with van der Waals surface area (Å²) in [5, 5.41) is 13.0. The highest BCUT2D eigenvalue weighted by atomic mass is 35.5. The highest BCUT2D eigenvalue weighted by Crippen LogP contribution is 2.44. The maximum absolute atomic E-state index is 11.7. The second-order valence-corrected chi connectivity index (χ2v) is 11.6. The summed E-state index contributed by atoms with van der Waals surface area (Å²) in [4.78, 5) is 19.8. The molecule has 196 valence electrons. The average Bonchev–Trinajstić information content (AvgIpc) is 3.49. The van der Waals surface area contributed by atoms with Gasteiger partial charge in [0.2, 0.25) is 5.91 Å². The summed E-state index contributed by atoms with van der Waals surface area (Å²) in [7, 11) is 2.18. The molecule has 0 bridgehead atoms. The highest BCUT2D eigenvalue weighted by Gasteiger charge is 2.30. The molecule has 2 aliphatic rings. The summed E-state index contributed by atoms with van der Waals surface area (Å²) in [5.41, 5.74) is 7.23. The molecular weight excluding hydrogens is 516 g/mol. The second-order valence-electron chi connectivity index (χ2n) is 10.2. The molecule has 1 aliphatic carbocycles. The predicted octanol–water partition coefficient (Wildman–Crippen LogP) is 5.56. The number of hydrogen-bond donors (Lipinski definition) is 2. The van der Waals surface area contributed by atoms with Crippen molar-refractivity contribution in [2.75, 3.05) is 25.5 Å². The van der Waals surface area contributed by atoms with Gasteiger partial charge in [-0.3, -0.25) is 4.79 Å². The Labute approximate surface area is 231 Å². The number of halogens is 1. The van der Waals surface area contributed by atoms with Gasteiger partial charge in [-0.25, -0.2) is 9.67 Å². The number of anilines is 1. The molecule has 1 amide bonds. The van der Waals surface area contributed by atoms with Crippen molar-refractivity contribution in [2.45, 2.75) is 45.2 Å². The van der Waals surface area contributed by atoms with Crippen molar-refractivity contribution in [3.05, 3.63) is 70.4 Å². The minimum absolute atomic E-state index is 0.123. The van der Waals surface area contributed by atoms with Gasteiger partial charge in [-0.05, 0) is 63.5 Å². The Morgan fingerprint density at radius 1 is 1.13 bits per heavy atom. The number of benzene rings is 2. The normalized spacial score (nSPS) is 15.8. The molecule has 1 aliphatic heterocycles. The summed E-state index contributed by atoms with van der Waals surface area (Å²) < 4.78 is 1.97. The quantitative estimate of drug-likeness (QED) is 0.331. The minimum Gasteiger partial charge on any atom is -0.310 e. The zero-order chi connectivity index (χ0) is 26.2. The van der Waals surface area contributed by atoms with Crippen molar-refractivity contribution < 1.29 is 4.79 Å². The summed E-state index contributed by atoms with van der Waals surface area (Å²) in [6.45, 7) is 4.57. The van der Waals surface area contributed by atoms with E-state index < -0.39 is 0 Å². The SMILES string of the molecule is CC(=O)Nc1nc2c(s1)-c1c(c(-c3ccccc3)nn1-c1ccc(CNC3CCN(C)CC3)cc1Cl)CC2. The molecule has 7 nitrogen and oxygen atoms in total. The van der Waals surface area contributed by atoms with E-state index in [2.05, 4.69) is 46.8 Å². The number of carbonyl (C=O) groups excluding carboxylic acids is 1. The van der Waals surface area contributed by atoms with Gasteiger partial charge in [-0.2, -0.15) is 5.10 Å². The van der Waals surface area contributed by atoms with Gasteiger partial charge >= 0.3 is 0 Å². The fraction of sp³-hybridized carbons (Fsp3) is 0.345. The molecule has 0 unspecified atom stereocenters. The summed E-state index contributed by atoms with van der Waals surface area (Å²) in [6, 6.07) is 17.1. The molecule has 0 saturated carbocycles. The molecule has 1 saturated heterocycles. The van der Waals surface area contributed by atoms with Crippen LogP contribution in [-0.4, -0.2) is 51.8 Å². The van der Waals surface area contributed by atoms with E-state index in [1.165, 1.54) is 36.7 Å². The van der Waals surface area contributed by atoms with Gasteiger partial charge < -0.3 is 15.5 Å². The van der Waals surface area contributed by atoms with Crippen LogP contribution in [0.2, 0.25) is 5.02 Å². The molecule has 2 aromatic carbocycles. The first-order valence-electron chi connectivity index (χ1n) is 13.1. The van der Waals surface area contributed by atoms with E-state index in [9.17, 15) is 4.79 Å². The topological polar surface area (TPSA) is 75.1 Å². The Kier molecular flexibility index (Phi) is 7.05. The number of nitrogens with one attached hydrogen (secondary N) is 2. The van der Waals surface area contributed by atoms with Crippen LogP contribution in [0.3, 0.4) is 0 Å². The molecule has 0 spiro atoms. The molecule has 4 aromatic rings. The number of nitrogens with zero attached hydrogens (tertiary/aromatic N) is 4. The first kappa shape index (κ1) is 25.2. The van der Waals surface area contributed by atoms with Crippen LogP contribution in [0.5, 0.6) is 0 Å².